The molecule has 1 N–H and O–H groups in total. The van der Waals surface area contributed by atoms with Gasteiger partial charge in [0, 0.05) is 39.9 Å². The van der Waals surface area contributed by atoms with Crippen LogP contribution in [-0.4, -0.2) is 26.7 Å². The average Bonchev–Trinajstić information content (AvgIpc) is 3.39. The first kappa shape index (κ1) is 24.9. The minimum absolute atomic E-state index is 0.00332. The summed E-state index contributed by atoms with van der Waals surface area (Å²) >= 11 is 9.36. The summed E-state index contributed by atoms with van der Waals surface area (Å²) in [6, 6.07) is 20.2. The van der Waals surface area contributed by atoms with Gasteiger partial charge in [-0.3, -0.25) is 15.1 Å². The van der Waals surface area contributed by atoms with E-state index < -0.39 is 4.92 Å². The van der Waals surface area contributed by atoms with E-state index in [1.165, 1.54) is 6.07 Å². The van der Waals surface area contributed by atoms with Crippen LogP contribution < -0.4 is 15.0 Å². The number of hydrogen-bond donors (Lipinski definition) is 1. The molecule has 0 spiro atoms. The highest BCUT2D eigenvalue weighted by Gasteiger charge is 2.42. The maximum atomic E-state index is 11.5. The van der Waals surface area contributed by atoms with Crippen molar-refractivity contribution in [3.8, 4) is 11.4 Å². The predicted molar refractivity (Wildman–Crippen MR) is 151 cm³/mol. The van der Waals surface area contributed by atoms with Crippen LogP contribution in [0.4, 0.5) is 11.4 Å². The summed E-state index contributed by atoms with van der Waals surface area (Å²) in [6.45, 7) is 3.99. The minimum Gasteiger partial charge on any atom is -0.495 e. The van der Waals surface area contributed by atoms with Gasteiger partial charge >= 0.3 is 0 Å². The molecule has 0 radical (unpaired) electrons. The Kier molecular flexibility index (Phi) is 6.70. The van der Waals surface area contributed by atoms with Gasteiger partial charge in [-0.1, -0.05) is 22.0 Å². The Morgan fingerprint density at radius 1 is 1.11 bits per heavy atom. The van der Waals surface area contributed by atoms with Crippen molar-refractivity contribution in [1.29, 1.82) is 0 Å². The lowest BCUT2D eigenvalue weighted by atomic mass is 9.96. The molecule has 2 aromatic carbocycles. The molecule has 1 aliphatic rings. The molecule has 0 unspecified atom stereocenters. The van der Waals surface area contributed by atoms with Crippen LogP contribution in [0.3, 0.4) is 0 Å². The molecule has 0 aliphatic carbocycles. The molecule has 5 rings (SSSR count). The lowest BCUT2D eigenvalue weighted by Crippen LogP contribution is -2.29. The number of thiocarbonyl (C=S) groups is 1. The van der Waals surface area contributed by atoms with Crippen LogP contribution in [0.5, 0.6) is 5.75 Å². The largest absolute Gasteiger partial charge is 0.495 e. The summed E-state index contributed by atoms with van der Waals surface area (Å²) < 4.78 is 8.56. The molecule has 1 fully saturated rings. The summed E-state index contributed by atoms with van der Waals surface area (Å²) in [5.74, 6) is 0.546. The Hall–Kier alpha value is -3.76. The molecular weight excluding hydrogens is 554 g/mol. The second-order valence-corrected chi connectivity index (χ2v) is 10.1. The summed E-state index contributed by atoms with van der Waals surface area (Å²) in [5.41, 5.74) is 5.29. The Morgan fingerprint density at radius 3 is 2.51 bits per heavy atom. The highest BCUT2D eigenvalue weighted by molar-refractivity contribution is 9.10. The molecule has 0 bridgehead atoms. The maximum Gasteiger partial charge on any atom is 0.271 e. The Labute approximate surface area is 228 Å². The van der Waals surface area contributed by atoms with Crippen LogP contribution >= 0.6 is 28.1 Å². The first-order valence-electron chi connectivity index (χ1n) is 11.6. The molecule has 4 aromatic rings. The van der Waals surface area contributed by atoms with E-state index in [1.807, 2.05) is 60.9 Å². The van der Waals surface area contributed by atoms with Gasteiger partial charge in [0.1, 0.15) is 5.75 Å². The van der Waals surface area contributed by atoms with Gasteiger partial charge in [0.05, 0.1) is 35.5 Å². The second kappa shape index (κ2) is 9.95. The lowest BCUT2D eigenvalue weighted by Gasteiger charge is -2.28. The number of aromatic nitrogens is 2. The molecule has 8 nitrogen and oxygen atoms in total. The number of nitro groups is 1. The summed E-state index contributed by atoms with van der Waals surface area (Å²) in [7, 11) is 1.56. The van der Waals surface area contributed by atoms with Crippen LogP contribution in [0.1, 0.15) is 34.7 Å². The van der Waals surface area contributed by atoms with Crippen molar-refractivity contribution in [2.75, 3.05) is 12.0 Å². The number of methoxy groups -OCH3 is 1. The van der Waals surface area contributed by atoms with E-state index in [2.05, 4.69) is 37.2 Å². The number of benzene rings is 2. The van der Waals surface area contributed by atoms with Crippen molar-refractivity contribution in [2.45, 2.75) is 25.9 Å². The van der Waals surface area contributed by atoms with Gasteiger partial charge in [0.2, 0.25) is 0 Å². The number of halogens is 1. The highest BCUT2D eigenvalue weighted by atomic mass is 79.9. The molecule has 2 aromatic heterocycles. The quantitative estimate of drug-likeness (QED) is 0.162. The number of ether oxygens (including phenoxy) is 1. The lowest BCUT2D eigenvalue weighted by molar-refractivity contribution is -0.384. The van der Waals surface area contributed by atoms with Crippen molar-refractivity contribution < 1.29 is 9.66 Å². The van der Waals surface area contributed by atoms with Gasteiger partial charge < -0.3 is 19.5 Å². The maximum absolute atomic E-state index is 11.5. The van der Waals surface area contributed by atoms with Crippen LogP contribution in [-0.2, 0) is 0 Å². The van der Waals surface area contributed by atoms with E-state index in [-0.39, 0.29) is 17.8 Å². The van der Waals surface area contributed by atoms with Crippen molar-refractivity contribution in [2.24, 2.45) is 0 Å². The Balaban J connectivity index is 1.70. The highest BCUT2D eigenvalue weighted by Crippen LogP contribution is 2.44. The van der Waals surface area contributed by atoms with E-state index in [4.69, 9.17) is 17.0 Å². The molecule has 3 heterocycles. The average molecular weight is 578 g/mol. The fourth-order valence-electron chi connectivity index (χ4n) is 4.98. The molecule has 10 heteroatoms. The van der Waals surface area contributed by atoms with Gasteiger partial charge in [0.15, 0.2) is 5.11 Å². The van der Waals surface area contributed by atoms with E-state index in [9.17, 15) is 10.1 Å². The number of aryl methyl sites for hydroxylation is 1. The van der Waals surface area contributed by atoms with Crippen molar-refractivity contribution >= 4 is 44.6 Å². The number of non-ortho nitro benzene ring substituents is 1. The third kappa shape index (κ3) is 4.47. The zero-order valence-electron chi connectivity index (χ0n) is 20.4. The molecule has 2 atom stereocenters. The number of nitrogens with one attached hydrogen (secondary N) is 1. The topological polar surface area (TPSA) is 85.5 Å². The smallest absolute Gasteiger partial charge is 0.271 e. The van der Waals surface area contributed by atoms with Gasteiger partial charge in [-0.15, -0.1) is 0 Å². The van der Waals surface area contributed by atoms with Gasteiger partial charge in [-0.2, -0.15) is 0 Å². The van der Waals surface area contributed by atoms with Crippen molar-refractivity contribution in [1.82, 2.24) is 14.9 Å². The molecule has 1 aliphatic heterocycles. The van der Waals surface area contributed by atoms with E-state index >= 15 is 0 Å². The fourth-order valence-corrected chi connectivity index (χ4v) is 5.59. The normalized spacial score (nSPS) is 17.1. The van der Waals surface area contributed by atoms with Gasteiger partial charge in [-0.05, 0) is 80.2 Å². The summed E-state index contributed by atoms with van der Waals surface area (Å²) in [6.07, 6.45) is 1.77. The second-order valence-electron chi connectivity index (χ2n) is 8.75. The number of anilines is 1. The van der Waals surface area contributed by atoms with E-state index in [1.54, 1.807) is 25.4 Å². The molecule has 1 saturated heterocycles. The fraction of sp³-hybridized carbons (Fsp3) is 0.185. The Bertz CT molecular complexity index is 1490. The van der Waals surface area contributed by atoms with Gasteiger partial charge in [0.25, 0.3) is 5.69 Å². The molecular formula is C27H24BrN5O3S. The van der Waals surface area contributed by atoms with Crippen LogP contribution in [0.25, 0.3) is 5.69 Å². The summed E-state index contributed by atoms with van der Waals surface area (Å²) in [5, 5.41) is 15.6. The third-order valence-corrected chi connectivity index (χ3v) is 7.45. The molecule has 0 saturated carbocycles. The van der Waals surface area contributed by atoms with Gasteiger partial charge in [-0.25, -0.2) is 0 Å². The zero-order chi connectivity index (χ0) is 26.3. The standard InChI is InChI=1S/C27H24BrN5O3S/c1-16-14-21(17(2)31(16)23-15-20(33(34)35)11-12-24(23)36-3)26-25(22-6-4-5-13-29-22)30-27(37)32(26)19-9-7-18(28)8-10-19/h4-15,25-26H,1-3H3,(H,30,37)/t25-,26+/m0/s1. The van der Waals surface area contributed by atoms with Crippen molar-refractivity contribution in [3.05, 3.63) is 110 Å². The molecule has 0 amide bonds. The minimum atomic E-state index is -0.399. The monoisotopic (exact) mass is 577 g/mol. The first-order chi connectivity index (χ1) is 17.8. The number of hydrogen-bond acceptors (Lipinski definition) is 5. The number of rotatable bonds is 6. The van der Waals surface area contributed by atoms with E-state index in [0.717, 1.165) is 32.8 Å². The Morgan fingerprint density at radius 2 is 1.86 bits per heavy atom. The number of nitrogens with zero attached hydrogens (tertiary/aromatic N) is 4. The molecule has 37 heavy (non-hydrogen) atoms. The van der Waals surface area contributed by atoms with Crippen LogP contribution in [0, 0.1) is 24.0 Å². The summed E-state index contributed by atoms with van der Waals surface area (Å²) in [4.78, 5) is 17.9. The number of pyridine rings is 1. The molecule has 188 valence electrons. The number of nitro benzene ring substituents is 1. The predicted octanol–water partition coefficient (Wildman–Crippen LogP) is 6.35. The van der Waals surface area contributed by atoms with Crippen LogP contribution in [0.15, 0.2) is 77.4 Å². The first-order valence-corrected chi connectivity index (χ1v) is 12.8. The van der Waals surface area contributed by atoms with E-state index in [0.29, 0.717) is 16.5 Å². The third-order valence-electron chi connectivity index (χ3n) is 6.61. The SMILES string of the molecule is COc1ccc([N+](=O)[O-])cc1-n1c(C)cc([C@@H]2[C@H](c3ccccn3)NC(=S)N2c2ccc(Br)cc2)c1C. The van der Waals surface area contributed by atoms with Crippen molar-refractivity contribution in [3.63, 3.8) is 0 Å². The zero-order valence-corrected chi connectivity index (χ0v) is 22.8. The van der Waals surface area contributed by atoms with Crippen LogP contribution in [0.2, 0.25) is 0 Å².